The van der Waals surface area contributed by atoms with Crippen LogP contribution in [0.3, 0.4) is 0 Å². The molecule has 1 saturated heterocycles. The Morgan fingerprint density at radius 3 is 2.60 bits per heavy atom. The van der Waals surface area contributed by atoms with Crippen LogP contribution in [-0.4, -0.2) is 70.4 Å². The molecule has 7 heteroatoms. The van der Waals surface area contributed by atoms with E-state index in [1.54, 1.807) is 12.0 Å². The summed E-state index contributed by atoms with van der Waals surface area (Å²) in [5, 5.41) is 9.23. The number of hydrogen-bond acceptors (Lipinski definition) is 4. The van der Waals surface area contributed by atoms with Crippen molar-refractivity contribution in [1.29, 1.82) is 0 Å². The van der Waals surface area contributed by atoms with Crippen molar-refractivity contribution in [3.63, 3.8) is 0 Å². The number of amides is 2. The monoisotopic (exact) mass is 304 g/mol. The molecule has 0 aliphatic carbocycles. The van der Waals surface area contributed by atoms with E-state index in [0.717, 1.165) is 6.42 Å². The Hall–Kier alpha value is -0.950. The van der Waals surface area contributed by atoms with Gasteiger partial charge in [0.05, 0.1) is 18.0 Å². The maximum absolute atomic E-state index is 12.7. The quantitative estimate of drug-likeness (QED) is 0.809. The Kier molecular flexibility index (Phi) is 6.61. The third-order valence-corrected chi connectivity index (χ3v) is 4.93. The van der Waals surface area contributed by atoms with E-state index in [9.17, 15) is 14.7 Å². The molecule has 1 aliphatic heterocycles. The van der Waals surface area contributed by atoms with Crippen LogP contribution in [0.5, 0.6) is 0 Å². The summed E-state index contributed by atoms with van der Waals surface area (Å²) < 4.78 is 5.09. The molecule has 1 heterocycles. The second kappa shape index (κ2) is 7.73. The normalized spacial score (nSPS) is 23.7. The van der Waals surface area contributed by atoms with E-state index in [4.69, 9.17) is 4.74 Å². The highest BCUT2D eigenvalue weighted by atomic mass is 32.2. The van der Waals surface area contributed by atoms with Gasteiger partial charge in [0, 0.05) is 19.4 Å². The van der Waals surface area contributed by atoms with Crippen molar-refractivity contribution in [3.05, 3.63) is 0 Å². The van der Waals surface area contributed by atoms with E-state index >= 15 is 0 Å². The van der Waals surface area contributed by atoms with E-state index in [-0.39, 0.29) is 17.4 Å². The van der Waals surface area contributed by atoms with E-state index in [1.165, 1.54) is 16.7 Å². The zero-order valence-electron chi connectivity index (χ0n) is 12.5. The van der Waals surface area contributed by atoms with Crippen LogP contribution in [0.15, 0.2) is 0 Å². The number of ether oxygens (including phenoxy) is 1. The van der Waals surface area contributed by atoms with Crippen molar-refractivity contribution in [3.8, 4) is 0 Å². The minimum Gasteiger partial charge on any atom is -0.480 e. The first kappa shape index (κ1) is 17.1. The van der Waals surface area contributed by atoms with Crippen molar-refractivity contribution in [2.45, 2.75) is 44.6 Å². The molecule has 2 amide bonds. The van der Waals surface area contributed by atoms with Gasteiger partial charge >= 0.3 is 12.0 Å². The molecular formula is C13H24N2O4S. The van der Waals surface area contributed by atoms with Crippen molar-refractivity contribution in [1.82, 2.24) is 9.80 Å². The van der Waals surface area contributed by atoms with Gasteiger partial charge in [0.25, 0.3) is 0 Å². The maximum Gasteiger partial charge on any atom is 0.327 e. The number of nitrogens with zero attached hydrogens (tertiary/aromatic N) is 2. The predicted molar refractivity (Wildman–Crippen MR) is 78.9 cm³/mol. The molecule has 6 nitrogen and oxygen atoms in total. The average Bonchev–Trinajstić information content (AvgIpc) is 2.83. The minimum absolute atomic E-state index is 0.0626. The number of carbonyl (C=O) groups excluding carboxylic acids is 1. The molecule has 0 radical (unpaired) electrons. The molecule has 1 aliphatic rings. The Bertz CT molecular complexity index is 353. The summed E-state index contributed by atoms with van der Waals surface area (Å²) in [6.07, 6.45) is 0.746. The number of carbonyl (C=O) groups is 2. The first-order chi connectivity index (χ1) is 9.47. The molecule has 0 aromatic rings. The number of urea groups is 1. The predicted octanol–water partition coefficient (Wildman–Crippen LogP) is 1.70. The second-order valence-corrected chi connectivity index (χ2v) is 6.04. The summed E-state index contributed by atoms with van der Waals surface area (Å²) in [6, 6.07) is -1.02. The van der Waals surface area contributed by atoms with Crippen molar-refractivity contribution >= 4 is 23.8 Å². The maximum atomic E-state index is 12.7. The number of rotatable bonds is 6. The molecule has 3 atom stereocenters. The Balaban J connectivity index is 2.91. The summed E-state index contributed by atoms with van der Waals surface area (Å²) >= 11 is 1.53. The lowest BCUT2D eigenvalue weighted by Crippen LogP contribution is -2.54. The zero-order chi connectivity index (χ0) is 15.3. The summed E-state index contributed by atoms with van der Waals surface area (Å²) in [5.74, 6) is -0.479. The third-order valence-electron chi connectivity index (χ3n) is 3.47. The molecule has 1 N–H and O–H groups in total. The highest BCUT2D eigenvalue weighted by Gasteiger charge is 2.42. The largest absolute Gasteiger partial charge is 0.480 e. The summed E-state index contributed by atoms with van der Waals surface area (Å²) in [7, 11) is 1.59. The lowest BCUT2D eigenvalue weighted by atomic mass is 10.2. The molecule has 0 aromatic carbocycles. The van der Waals surface area contributed by atoms with Crippen LogP contribution in [-0.2, 0) is 9.53 Å². The first-order valence-electron chi connectivity index (χ1n) is 6.90. The van der Waals surface area contributed by atoms with Crippen LogP contribution >= 0.6 is 11.8 Å². The van der Waals surface area contributed by atoms with Gasteiger partial charge in [0.1, 0.15) is 6.04 Å². The topological polar surface area (TPSA) is 70.1 Å². The lowest BCUT2D eigenvalue weighted by molar-refractivity contribution is -0.141. The molecule has 1 fully saturated rings. The van der Waals surface area contributed by atoms with Crippen molar-refractivity contribution < 1.29 is 19.4 Å². The second-order valence-electron chi connectivity index (χ2n) is 4.83. The number of carboxylic acid groups (broad SMARTS) is 1. The Labute approximate surface area is 124 Å². The van der Waals surface area contributed by atoms with Crippen LogP contribution in [0.2, 0.25) is 0 Å². The fraction of sp³-hybridized carbons (Fsp3) is 0.846. The molecule has 1 rings (SSSR count). The average molecular weight is 304 g/mol. The molecule has 0 spiro atoms. The van der Waals surface area contributed by atoms with Crippen molar-refractivity contribution in [2.24, 2.45) is 0 Å². The number of likely N-dealkylation sites (N-methyl/N-ethyl adjacent to an activating group) is 1. The van der Waals surface area contributed by atoms with Gasteiger partial charge in [-0.2, -0.15) is 0 Å². The summed E-state index contributed by atoms with van der Waals surface area (Å²) in [5.41, 5.74) is 0. The van der Waals surface area contributed by atoms with E-state index in [2.05, 4.69) is 0 Å². The third kappa shape index (κ3) is 3.58. The summed E-state index contributed by atoms with van der Waals surface area (Å²) in [4.78, 5) is 27.2. The van der Waals surface area contributed by atoms with E-state index < -0.39 is 12.0 Å². The molecule has 0 bridgehead atoms. The van der Waals surface area contributed by atoms with E-state index in [1.807, 2.05) is 20.8 Å². The molecule has 20 heavy (non-hydrogen) atoms. The van der Waals surface area contributed by atoms with Gasteiger partial charge in [-0.15, -0.1) is 11.8 Å². The fourth-order valence-corrected chi connectivity index (χ4v) is 3.78. The number of aliphatic carboxylic acids is 1. The van der Waals surface area contributed by atoms with Gasteiger partial charge in [-0.05, 0) is 20.3 Å². The molecule has 0 saturated carbocycles. The van der Waals surface area contributed by atoms with Gasteiger partial charge in [-0.3, -0.25) is 4.90 Å². The molecular weight excluding hydrogens is 280 g/mol. The SMILES string of the molecule is CCC1SCC(C(=O)O)N1C(=O)N(CC)C(C)COC. The Morgan fingerprint density at radius 1 is 1.50 bits per heavy atom. The van der Waals surface area contributed by atoms with Gasteiger partial charge in [-0.1, -0.05) is 6.92 Å². The van der Waals surface area contributed by atoms with Crippen LogP contribution < -0.4 is 0 Å². The Morgan fingerprint density at radius 2 is 2.15 bits per heavy atom. The van der Waals surface area contributed by atoms with Gasteiger partial charge in [-0.25, -0.2) is 9.59 Å². The summed E-state index contributed by atoms with van der Waals surface area (Å²) in [6.45, 7) is 6.74. The van der Waals surface area contributed by atoms with Crippen LogP contribution in [0, 0.1) is 0 Å². The smallest absolute Gasteiger partial charge is 0.327 e. The number of carboxylic acids is 1. The zero-order valence-corrected chi connectivity index (χ0v) is 13.4. The fourth-order valence-electron chi connectivity index (χ4n) is 2.44. The standard InChI is InChI=1S/C13H24N2O4S/c1-5-11-15(10(8-20-11)12(16)17)13(18)14(6-2)9(3)7-19-4/h9-11H,5-8H2,1-4H3,(H,16,17). The van der Waals surface area contributed by atoms with Crippen LogP contribution in [0.4, 0.5) is 4.79 Å². The van der Waals surface area contributed by atoms with E-state index in [0.29, 0.717) is 18.9 Å². The van der Waals surface area contributed by atoms with Gasteiger partial charge < -0.3 is 14.7 Å². The molecule has 116 valence electrons. The first-order valence-corrected chi connectivity index (χ1v) is 7.94. The van der Waals surface area contributed by atoms with Crippen LogP contribution in [0.25, 0.3) is 0 Å². The van der Waals surface area contributed by atoms with Gasteiger partial charge in [0.2, 0.25) is 0 Å². The van der Waals surface area contributed by atoms with Crippen molar-refractivity contribution in [2.75, 3.05) is 26.0 Å². The lowest BCUT2D eigenvalue weighted by Gasteiger charge is -2.35. The minimum atomic E-state index is -0.933. The number of methoxy groups -OCH3 is 1. The molecule has 0 aromatic heterocycles. The number of thioether (sulfide) groups is 1. The molecule has 3 unspecified atom stereocenters. The van der Waals surface area contributed by atoms with Crippen LogP contribution in [0.1, 0.15) is 27.2 Å². The highest BCUT2D eigenvalue weighted by molar-refractivity contribution is 8.00. The number of hydrogen-bond donors (Lipinski definition) is 1. The highest BCUT2D eigenvalue weighted by Crippen LogP contribution is 2.32. The van der Waals surface area contributed by atoms with Gasteiger partial charge in [0.15, 0.2) is 0 Å².